The molecule has 0 aromatic heterocycles. The Morgan fingerprint density at radius 2 is 1.81 bits per heavy atom. The third-order valence-electron chi connectivity index (χ3n) is 10.6. The van der Waals surface area contributed by atoms with E-state index in [0.717, 1.165) is 25.7 Å². The van der Waals surface area contributed by atoms with Crippen molar-refractivity contribution in [2.45, 2.75) is 109 Å². The van der Waals surface area contributed by atoms with Crippen molar-refractivity contribution in [2.24, 2.45) is 28.6 Å². The fourth-order valence-electron chi connectivity index (χ4n) is 8.46. The van der Waals surface area contributed by atoms with Crippen molar-refractivity contribution in [1.82, 2.24) is 5.32 Å². The molecule has 3 nitrogen and oxygen atoms in total. The first-order valence-corrected chi connectivity index (χ1v) is 12.9. The molecule has 0 aromatic rings. The maximum atomic E-state index is 11.4. The van der Waals surface area contributed by atoms with E-state index in [4.69, 9.17) is 0 Å². The van der Waals surface area contributed by atoms with Crippen LogP contribution >= 0.6 is 0 Å². The molecular formula is C28H43NO2. The van der Waals surface area contributed by atoms with E-state index in [9.17, 15) is 10.2 Å². The second kappa shape index (κ2) is 7.57. The van der Waals surface area contributed by atoms with E-state index >= 15 is 0 Å². The largest absolute Gasteiger partial charge is 0.390 e. The number of nitrogens with one attached hydrogen (secondary N) is 1. The van der Waals surface area contributed by atoms with Crippen LogP contribution in [0.3, 0.4) is 0 Å². The van der Waals surface area contributed by atoms with Gasteiger partial charge in [0.15, 0.2) is 0 Å². The van der Waals surface area contributed by atoms with Gasteiger partial charge in [0.25, 0.3) is 0 Å². The minimum atomic E-state index is -0.606. The molecule has 0 aromatic carbocycles. The summed E-state index contributed by atoms with van der Waals surface area (Å²) in [5, 5.41) is 26.8. The molecular weight excluding hydrogens is 382 g/mol. The smallest absolute Gasteiger partial charge is 0.0870 e. The zero-order valence-corrected chi connectivity index (χ0v) is 20.0. The van der Waals surface area contributed by atoms with Crippen LogP contribution in [-0.4, -0.2) is 34.0 Å². The van der Waals surface area contributed by atoms with Crippen molar-refractivity contribution < 1.29 is 10.2 Å². The Kier molecular flexibility index (Phi) is 5.35. The summed E-state index contributed by atoms with van der Waals surface area (Å²) >= 11 is 0. The number of fused-ring (bicyclic) bond motifs is 4. The van der Waals surface area contributed by atoms with Gasteiger partial charge in [-0.2, -0.15) is 0 Å². The third kappa shape index (κ3) is 3.33. The molecule has 2 saturated carbocycles. The van der Waals surface area contributed by atoms with Crippen LogP contribution in [0.2, 0.25) is 0 Å². The average molecular weight is 426 g/mol. The number of hydrogen-bond acceptors (Lipinski definition) is 3. The molecule has 172 valence electrons. The zero-order valence-electron chi connectivity index (χ0n) is 20.0. The molecule has 3 heteroatoms. The van der Waals surface area contributed by atoms with Gasteiger partial charge < -0.3 is 15.5 Å². The summed E-state index contributed by atoms with van der Waals surface area (Å²) in [5.41, 5.74) is 3.65. The van der Waals surface area contributed by atoms with E-state index in [-0.39, 0.29) is 22.8 Å². The van der Waals surface area contributed by atoms with Crippen molar-refractivity contribution in [2.75, 3.05) is 0 Å². The molecule has 5 rings (SSSR count). The van der Waals surface area contributed by atoms with Crippen LogP contribution < -0.4 is 5.32 Å². The van der Waals surface area contributed by atoms with Gasteiger partial charge in [0, 0.05) is 17.5 Å². The maximum Gasteiger partial charge on any atom is 0.0870 e. The van der Waals surface area contributed by atoms with Gasteiger partial charge in [-0.1, -0.05) is 56.2 Å². The van der Waals surface area contributed by atoms with Gasteiger partial charge >= 0.3 is 0 Å². The van der Waals surface area contributed by atoms with Gasteiger partial charge in [0.1, 0.15) is 0 Å². The highest BCUT2D eigenvalue weighted by atomic mass is 16.3. The molecule has 2 fully saturated rings. The van der Waals surface area contributed by atoms with Crippen LogP contribution in [0.4, 0.5) is 0 Å². The minimum absolute atomic E-state index is 0.00688. The van der Waals surface area contributed by atoms with Crippen LogP contribution in [0.15, 0.2) is 35.5 Å². The predicted octanol–water partition coefficient (Wildman–Crippen LogP) is 5.29. The number of allylic oxidation sites excluding steroid dienone is 3. The zero-order chi connectivity index (χ0) is 22.0. The Morgan fingerprint density at radius 1 is 1.00 bits per heavy atom. The molecule has 0 aliphatic heterocycles. The highest BCUT2D eigenvalue weighted by Crippen LogP contribution is 2.64. The first-order valence-electron chi connectivity index (χ1n) is 12.9. The van der Waals surface area contributed by atoms with Crippen molar-refractivity contribution in [3.8, 4) is 0 Å². The second-order valence-corrected chi connectivity index (χ2v) is 12.2. The Hall–Kier alpha value is -0.900. The Balaban J connectivity index is 1.40. The van der Waals surface area contributed by atoms with Gasteiger partial charge in [-0.15, -0.1) is 0 Å². The van der Waals surface area contributed by atoms with Crippen LogP contribution in [0, 0.1) is 28.6 Å². The monoisotopic (exact) mass is 425 g/mol. The molecule has 0 spiro atoms. The highest BCUT2D eigenvalue weighted by Gasteiger charge is 2.60. The molecule has 0 radical (unpaired) electrons. The Morgan fingerprint density at radius 3 is 2.52 bits per heavy atom. The van der Waals surface area contributed by atoms with Gasteiger partial charge in [-0.05, 0) is 87.4 Å². The lowest BCUT2D eigenvalue weighted by molar-refractivity contribution is -0.174. The number of aliphatic hydroxyl groups is 2. The van der Waals surface area contributed by atoms with E-state index in [1.54, 1.807) is 11.1 Å². The van der Waals surface area contributed by atoms with Gasteiger partial charge in [0.2, 0.25) is 0 Å². The number of hydrogen-bond donors (Lipinski definition) is 3. The number of aliphatic hydroxyl groups excluding tert-OH is 2. The lowest BCUT2D eigenvalue weighted by Gasteiger charge is -2.60. The second-order valence-electron chi connectivity index (χ2n) is 12.2. The van der Waals surface area contributed by atoms with Crippen molar-refractivity contribution in [3.05, 3.63) is 35.5 Å². The molecule has 0 heterocycles. The SMILES string of the molecule is CC[C@]1(C)CCC2=C1CCC1C2[C@@H](O)[C@H](O)C2CC(NC3(C)C=CC=CC3)CC[C@]12C. The first-order chi connectivity index (χ1) is 14.7. The first kappa shape index (κ1) is 21.9. The fraction of sp³-hybridized carbons (Fsp3) is 0.786. The van der Waals surface area contributed by atoms with Crippen LogP contribution in [-0.2, 0) is 0 Å². The maximum absolute atomic E-state index is 11.4. The van der Waals surface area contributed by atoms with E-state index in [1.807, 2.05) is 0 Å². The molecule has 3 N–H and O–H groups in total. The molecule has 0 bridgehead atoms. The molecule has 9 atom stereocenters. The molecule has 0 saturated heterocycles. The van der Waals surface area contributed by atoms with Crippen molar-refractivity contribution in [3.63, 3.8) is 0 Å². The van der Waals surface area contributed by atoms with E-state index in [2.05, 4.69) is 57.3 Å². The van der Waals surface area contributed by atoms with E-state index in [1.165, 1.54) is 32.1 Å². The molecule has 5 aliphatic rings. The fourth-order valence-corrected chi connectivity index (χ4v) is 8.46. The van der Waals surface area contributed by atoms with Crippen LogP contribution in [0.1, 0.15) is 85.5 Å². The highest BCUT2D eigenvalue weighted by molar-refractivity contribution is 5.35. The van der Waals surface area contributed by atoms with Crippen LogP contribution in [0.5, 0.6) is 0 Å². The number of rotatable bonds is 3. The lowest BCUT2D eigenvalue weighted by atomic mass is 9.47. The summed E-state index contributed by atoms with van der Waals surface area (Å²) in [6.07, 6.45) is 17.9. The van der Waals surface area contributed by atoms with Gasteiger partial charge in [0.05, 0.1) is 12.2 Å². The summed E-state index contributed by atoms with van der Waals surface area (Å²) in [5.74, 6) is 0.882. The van der Waals surface area contributed by atoms with Crippen LogP contribution in [0.25, 0.3) is 0 Å². The minimum Gasteiger partial charge on any atom is -0.390 e. The summed E-state index contributed by atoms with van der Waals surface area (Å²) in [6, 6.07) is 0.408. The quantitative estimate of drug-likeness (QED) is 0.538. The van der Waals surface area contributed by atoms with Gasteiger partial charge in [-0.3, -0.25) is 0 Å². The molecule has 5 aliphatic carbocycles. The third-order valence-corrected chi connectivity index (χ3v) is 10.6. The predicted molar refractivity (Wildman–Crippen MR) is 127 cm³/mol. The van der Waals surface area contributed by atoms with Crippen molar-refractivity contribution >= 4 is 0 Å². The van der Waals surface area contributed by atoms with E-state index in [0.29, 0.717) is 17.4 Å². The Bertz CT molecular complexity index is 814. The summed E-state index contributed by atoms with van der Waals surface area (Å²) < 4.78 is 0. The van der Waals surface area contributed by atoms with Gasteiger partial charge in [-0.25, -0.2) is 0 Å². The van der Waals surface area contributed by atoms with Crippen molar-refractivity contribution in [1.29, 1.82) is 0 Å². The topological polar surface area (TPSA) is 52.5 Å². The van der Waals surface area contributed by atoms with E-state index < -0.39 is 12.2 Å². The average Bonchev–Trinajstić information content (AvgIpc) is 3.10. The summed E-state index contributed by atoms with van der Waals surface area (Å²) in [7, 11) is 0. The standard InChI is InChI=1S/C28H43NO2/c1-5-26(2)15-12-19-20(26)9-10-21-23(19)25(31)24(30)22-17-18(11-16-28(21,22)4)29-27(3)13-7-6-8-14-27/h6-8,13,18,21-25,29-31H,5,9-12,14-17H2,1-4H3/t18?,21?,22?,23?,24-,25-,26-,27?,28-/m1/s1. The molecule has 0 amide bonds. The normalized spacial score (nSPS) is 51.4. The lowest BCUT2D eigenvalue weighted by Crippen LogP contribution is -2.63. The Labute approximate surface area is 189 Å². The summed E-state index contributed by atoms with van der Waals surface area (Å²) in [6.45, 7) is 9.48. The summed E-state index contributed by atoms with van der Waals surface area (Å²) in [4.78, 5) is 0. The molecule has 5 unspecified atom stereocenters. The molecule has 31 heavy (non-hydrogen) atoms.